The van der Waals surface area contributed by atoms with E-state index in [1.54, 1.807) is 32.9 Å². The van der Waals surface area contributed by atoms with Crippen LogP contribution in [0.4, 0.5) is 0 Å². The number of fused-ring (bicyclic) bond motifs is 1. The number of carbonyl (C=O) groups is 1. The average Bonchev–Trinajstić information content (AvgIpc) is 3.13. The van der Waals surface area contributed by atoms with Crippen molar-refractivity contribution in [2.45, 2.75) is 44.7 Å². The molecular weight excluding hydrogens is 260 g/mol. The fourth-order valence-electron chi connectivity index (χ4n) is 2.72. The number of carbonyl (C=O) groups excluding carboxylic acids is 1. The van der Waals surface area contributed by atoms with Gasteiger partial charge in [-0.2, -0.15) is 0 Å². The van der Waals surface area contributed by atoms with E-state index in [2.05, 4.69) is 0 Å². The minimum absolute atomic E-state index is 0.102. The quantitative estimate of drug-likeness (QED) is 0.507. The molecule has 2 aliphatic rings. The van der Waals surface area contributed by atoms with Crippen molar-refractivity contribution in [1.29, 1.82) is 0 Å². The van der Waals surface area contributed by atoms with Crippen LogP contribution in [0.2, 0.25) is 0 Å². The Morgan fingerprint density at radius 1 is 1.50 bits per heavy atom. The Morgan fingerprint density at radius 2 is 2.15 bits per heavy atom. The van der Waals surface area contributed by atoms with E-state index in [0.29, 0.717) is 5.57 Å². The molecule has 110 valence electrons. The summed E-state index contributed by atoms with van der Waals surface area (Å²) < 4.78 is 5.38. The molecule has 2 rings (SSSR count). The summed E-state index contributed by atoms with van der Waals surface area (Å²) in [4.78, 5) is 12.5. The second-order valence-electron chi connectivity index (χ2n) is 5.39. The highest BCUT2D eigenvalue weighted by molar-refractivity contribution is 6.07. The topological polar surface area (TPSA) is 90.3 Å². The fourth-order valence-corrected chi connectivity index (χ4v) is 2.72. The van der Waals surface area contributed by atoms with Gasteiger partial charge in [0.05, 0.1) is 6.61 Å². The summed E-state index contributed by atoms with van der Waals surface area (Å²) in [6.07, 6.45) is 1.89. The normalized spacial score (nSPS) is 34.2. The number of allylic oxidation sites excluding steroid dienone is 2. The highest BCUT2D eigenvalue weighted by Crippen LogP contribution is 2.50. The van der Waals surface area contributed by atoms with Crippen molar-refractivity contribution < 1.29 is 24.9 Å². The summed E-state index contributed by atoms with van der Waals surface area (Å²) in [5, 5.41) is 29.9. The summed E-state index contributed by atoms with van der Waals surface area (Å²) in [5.74, 6) is -0.451. The maximum atomic E-state index is 12.5. The van der Waals surface area contributed by atoms with Crippen LogP contribution in [0.15, 0.2) is 34.9 Å². The number of epoxide rings is 1. The Morgan fingerprint density at radius 3 is 2.65 bits per heavy atom. The summed E-state index contributed by atoms with van der Waals surface area (Å²) in [6.45, 7) is 4.87. The number of ether oxygens (including phenoxy) is 1. The minimum Gasteiger partial charge on any atom is -0.392 e. The van der Waals surface area contributed by atoms with E-state index < -0.39 is 36.3 Å². The molecule has 0 aromatic rings. The molecule has 0 aromatic heterocycles. The van der Waals surface area contributed by atoms with Crippen LogP contribution in [0.1, 0.15) is 20.8 Å². The second-order valence-corrected chi connectivity index (χ2v) is 5.39. The molecule has 0 radical (unpaired) electrons. The molecule has 1 heterocycles. The largest absolute Gasteiger partial charge is 0.392 e. The van der Waals surface area contributed by atoms with E-state index in [9.17, 15) is 20.1 Å². The first-order valence-corrected chi connectivity index (χ1v) is 6.60. The van der Waals surface area contributed by atoms with Crippen LogP contribution in [0.25, 0.3) is 0 Å². The Labute approximate surface area is 117 Å². The van der Waals surface area contributed by atoms with Gasteiger partial charge in [-0.1, -0.05) is 23.8 Å². The molecule has 4 atom stereocenters. The van der Waals surface area contributed by atoms with Crippen LogP contribution in [-0.2, 0) is 9.53 Å². The first-order chi connectivity index (χ1) is 9.40. The summed E-state index contributed by atoms with van der Waals surface area (Å²) >= 11 is 0. The van der Waals surface area contributed by atoms with Crippen LogP contribution in [0, 0.1) is 0 Å². The van der Waals surface area contributed by atoms with Crippen LogP contribution >= 0.6 is 0 Å². The molecule has 0 saturated carbocycles. The van der Waals surface area contributed by atoms with E-state index >= 15 is 0 Å². The Hall–Kier alpha value is -1.27. The molecule has 3 N–H and O–H groups in total. The predicted octanol–water partition coefficient (Wildman–Crippen LogP) is 0.260. The molecule has 0 amide bonds. The van der Waals surface area contributed by atoms with Gasteiger partial charge in [-0.05, 0) is 26.3 Å². The van der Waals surface area contributed by atoms with Gasteiger partial charge in [-0.25, -0.2) is 0 Å². The van der Waals surface area contributed by atoms with Crippen molar-refractivity contribution in [1.82, 2.24) is 0 Å². The molecule has 0 unspecified atom stereocenters. The van der Waals surface area contributed by atoms with Gasteiger partial charge in [-0.15, -0.1) is 0 Å². The van der Waals surface area contributed by atoms with Gasteiger partial charge in [0.1, 0.15) is 18.3 Å². The second kappa shape index (κ2) is 5.26. The van der Waals surface area contributed by atoms with Gasteiger partial charge in [0.15, 0.2) is 11.4 Å². The van der Waals surface area contributed by atoms with Crippen molar-refractivity contribution in [2.24, 2.45) is 0 Å². The Kier molecular flexibility index (Phi) is 3.97. The van der Waals surface area contributed by atoms with Crippen molar-refractivity contribution in [2.75, 3.05) is 6.61 Å². The third-order valence-corrected chi connectivity index (χ3v) is 3.71. The number of hydrogen-bond donors (Lipinski definition) is 3. The average molecular weight is 280 g/mol. The number of hydrogen-bond acceptors (Lipinski definition) is 5. The maximum Gasteiger partial charge on any atom is 0.199 e. The fraction of sp³-hybridized carbons (Fsp3) is 0.533. The summed E-state index contributed by atoms with van der Waals surface area (Å²) in [6, 6.07) is 0. The van der Waals surface area contributed by atoms with E-state index in [-0.39, 0.29) is 5.57 Å². The van der Waals surface area contributed by atoms with Crippen molar-refractivity contribution in [3.8, 4) is 0 Å². The molecule has 1 fully saturated rings. The van der Waals surface area contributed by atoms with Gasteiger partial charge in [0, 0.05) is 5.57 Å². The molecule has 1 aliphatic heterocycles. The zero-order chi connectivity index (χ0) is 15.1. The first kappa shape index (κ1) is 15.1. The molecule has 0 spiro atoms. The van der Waals surface area contributed by atoms with E-state index in [0.717, 1.165) is 5.57 Å². The van der Waals surface area contributed by atoms with Crippen molar-refractivity contribution >= 4 is 5.78 Å². The van der Waals surface area contributed by atoms with Crippen LogP contribution < -0.4 is 0 Å². The number of aliphatic hydroxyl groups excluding tert-OH is 3. The van der Waals surface area contributed by atoms with Gasteiger partial charge in [-0.3, -0.25) is 4.79 Å². The molecule has 5 nitrogen and oxygen atoms in total. The van der Waals surface area contributed by atoms with E-state index in [4.69, 9.17) is 4.74 Å². The number of rotatable bonds is 4. The van der Waals surface area contributed by atoms with Gasteiger partial charge in [0.25, 0.3) is 0 Å². The van der Waals surface area contributed by atoms with Crippen molar-refractivity contribution in [3.63, 3.8) is 0 Å². The lowest BCUT2D eigenvalue weighted by Gasteiger charge is -2.26. The lowest BCUT2D eigenvalue weighted by molar-refractivity contribution is -0.124. The van der Waals surface area contributed by atoms with Crippen molar-refractivity contribution in [3.05, 3.63) is 34.9 Å². The number of ketones is 1. The van der Waals surface area contributed by atoms with E-state index in [1.807, 2.05) is 0 Å². The lowest BCUT2D eigenvalue weighted by Crippen LogP contribution is -2.47. The monoisotopic (exact) mass is 280 g/mol. The van der Waals surface area contributed by atoms with Gasteiger partial charge >= 0.3 is 0 Å². The molecule has 20 heavy (non-hydrogen) atoms. The highest BCUT2D eigenvalue weighted by atomic mass is 16.6. The lowest BCUT2D eigenvalue weighted by atomic mass is 9.77. The minimum atomic E-state index is -1.44. The number of aliphatic hydroxyl groups is 3. The molecule has 0 bridgehead atoms. The third kappa shape index (κ3) is 2.07. The van der Waals surface area contributed by atoms with Crippen LogP contribution in [0.5, 0.6) is 0 Å². The van der Waals surface area contributed by atoms with E-state index in [1.165, 1.54) is 6.08 Å². The highest BCUT2D eigenvalue weighted by Gasteiger charge is 2.71. The third-order valence-electron chi connectivity index (χ3n) is 3.71. The molecular formula is C15H20O5. The maximum absolute atomic E-state index is 12.5. The molecule has 1 aliphatic carbocycles. The summed E-state index contributed by atoms with van der Waals surface area (Å²) in [5.41, 5.74) is -0.134. The standard InChI is InChI=1S/C15H20O5/c1-4-5-9-10(7-16)13(19)15(11(17)6-8(2)3)14(20-15)12(9)18/h4-6,11-12,14,16-18H,7H2,1-3H3/b5-4+/t11-,12-,14-,15+/m1/s1. The molecule has 5 heteroatoms. The Bertz CT molecular complexity index is 512. The molecule has 1 saturated heterocycles. The Balaban J connectivity index is 2.45. The smallest absolute Gasteiger partial charge is 0.199 e. The zero-order valence-electron chi connectivity index (χ0n) is 11.8. The summed E-state index contributed by atoms with van der Waals surface area (Å²) in [7, 11) is 0. The predicted molar refractivity (Wildman–Crippen MR) is 73.0 cm³/mol. The van der Waals surface area contributed by atoms with Crippen LogP contribution in [-0.4, -0.2) is 51.6 Å². The molecule has 0 aromatic carbocycles. The zero-order valence-corrected chi connectivity index (χ0v) is 11.8. The first-order valence-electron chi connectivity index (χ1n) is 6.60. The SMILES string of the molecule is C/C=C/C1=C(CO)C(=O)[C@]2([C@H](O)C=C(C)C)O[C@@H]2[C@@H]1O. The van der Waals surface area contributed by atoms with Gasteiger partial charge < -0.3 is 20.1 Å². The number of Topliss-reactive ketones (excluding diaryl/α,β-unsaturated/α-hetero) is 1. The van der Waals surface area contributed by atoms with Gasteiger partial charge in [0.2, 0.25) is 0 Å². The van der Waals surface area contributed by atoms with Crippen LogP contribution in [0.3, 0.4) is 0 Å².